The van der Waals surface area contributed by atoms with Crippen LogP contribution in [0.25, 0.3) is 0 Å². The van der Waals surface area contributed by atoms with Crippen molar-refractivity contribution in [1.82, 2.24) is 4.90 Å². The summed E-state index contributed by atoms with van der Waals surface area (Å²) in [6, 6.07) is -0.571. The highest BCUT2D eigenvalue weighted by molar-refractivity contribution is 5.90. The zero-order chi connectivity index (χ0) is 22.7. The van der Waals surface area contributed by atoms with Gasteiger partial charge in [-0.25, -0.2) is 0 Å². The number of hydrogen-bond acceptors (Lipinski definition) is 7. The second kappa shape index (κ2) is 7.46. The molecule has 0 N–H and O–H groups in total. The first-order valence-corrected chi connectivity index (χ1v) is 10.1. The Morgan fingerprint density at radius 1 is 1.17 bits per heavy atom. The zero-order valence-corrected chi connectivity index (χ0v) is 17.5. The summed E-state index contributed by atoms with van der Waals surface area (Å²) in [5.74, 6) is -12.6. The number of carbonyl (C=O) groups is 4. The van der Waals surface area contributed by atoms with Gasteiger partial charge in [0.05, 0.1) is 17.9 Å². The number of nitrogens with zero attached hydrogens (tertiary/aromatic N) is 1. The molecule has 3 fully saturated rings. The summed E-state index contributed by atoms with van der Waals surface area (Å²) >= 11 is 0. The average molecular weight is 430 g/mol. The van der Waals surface area contributed by atoms with Gasteiger partial charge in [0, 0.05) is 18.9 Å². The Labute approximate surface area is 172 Å². The number of halogens is 2. The molecule has 0 spiro atoms. The number of fused-ring (bicyclic) bond motifs is 1. The smallest absolute Gasteiger partial charge is 0.323 e. The van der Waals surface area contributed by atoms with Gasteiger partial charge in [0.25, 0.3) is 0 Å². The molecule has 0 aromatic rings. The van der Waals surface area contributed by atoms with E-state index in [1.807, 2.05) is 13.8 Å². The Bertz CT molecular complexity index is 768. The molecular weight excluding hydrogens is 404 g/mol. The van der Waals surface area contributed by atoms with Crippen molar-refractivity contribution in [2.24, 2.45) is 29.6 Å². The van der Waals surface area contributed by atoms with Crippen molar-refractivity contribution in [2.75, 3.05) is 0 Å². The lowest BCUT2D eigenvalue weighted by Crippen LogP contribution is -2.54. The molecule has 10 heteroatoms. The van der Waals surface area contributed by atoms with Gasteiger partial charge in [-0.2, -0.15) is 8.78 Å². The lowest BCUT2D eigenvalue weighted by atomic mass is 9.78. The van der Waals surface area contributed by atoms with Gasteiger partial charge in [-0.05, 0) is 32.1 Å². The summed E-state index contributed by atoms with van der Waals surface area (Å²) in [5.41, 5.74) is 0. The highest BCUT2D eigenvalue weighted by Gasteiger charge is 2.71. The predicted molar refractivity (Wildman–Crippen MR) is 94.6 cm³/mol. The molecule has 1 amide bonds. The van der Waals surface area contributed by atoms with Gasteiger partial charge >= 0.3 is 17.9 Å². The topological polar surface area (TPSA) is 113 Å². The highest BCUT2D eigenvalue weighted by atomic mass is 19.3. The normalized spacial score (nSPS) is 33.4. The molecular formula is C20H26F2NO7-. The van der Waals surface area contributed by atoms with E-state index < -0.39 is 59.7 Å². The van der Waals surface area contributed by atoms with Crippen LogP contribution in [0.1, 0.15) is 41.0 Å². The van der Waals surface area contributed by atoms with Crippen LogP contribution >= 0.6 is 0 Å². The average Bonchev–Trinajstić information content (AvgIpc) is 3.20. The third kappa shape index (κ3) is 3.24. The standard InChI is InChI=1S/C20H27F2NO7/c1-7(2)16(20(21,22)19(27)28)30-18(26)13-11-6-10-12(13)17(25)23(8(3)4)14(10)15(11)29-9(5)24/h7-8,10-16H,6H2,1-5H3,(H,27,28)/p-1. The van der Waals surface area contributed by atoms with Crippen LogP contribution in [0.4, 0.5) is 8.78 Å². The van der Waals surface area contributed by atoms with Gasteiger partial charge in [-0.1, -0.05) is 13.8 Å². The number of hydrogen-bond donors (Lipinski definition) is 0. The lowest BCUT2D eigenvalue weighted by Gasteiger charge is -2.36. The molecule has 2 bridgehead atoms. The number of aliphatic carboxylic acids is 1. The summed E-state index contributed by atoms with van der Waals surface area (Å²) in [6.07, 6.45) is -2.56. The van der Waals surface area contributed by atoms with Gasteiger partial charge in [-0.3, -0.25) is 14.4 Å². The van der Waals surface area contributed by atoms with Crippen molar-refractivity contribution in [1.29, 1.82) is 0 Å². The van der Waals surface area contributed by atoms with Crippen molar-refractivity contribution in [3.8, 4) is 0 Å². The first-order chi connectivity index (χ1) is 13.8. The molecule has 1 saturated heterocycles. The van der Waals surface area contributed by atoms with E-state index in [-0.39, 0.29) is 23.9 Å². The summed E-state index contributed by atoms with van der Waals surface area (Å²) in [6.45, 7) is 7.44. The van der Waals surface area contributed by atoms with Crippen LogP contribution < -0.4 is 5.11 Å². The van der Waals surface area contributed by atoms with E-state index in [0.717, 1.165) is 0 Å². The van der Waals surface area contributed by atoms with Gasteiger partial charge in [0.2, 0.25) is 5.91 Å². The molecule has 1 heterocycles. The first kappa shape index (κ1) is 22.4. The number of amides is 1. The van der Waals surface area contributed by atoms with E-state index in [4.69, 9.17) is 9.47 Å². The van der Waals surface area contributed by atoms with Crippen molar-refractivity contribution >= 4 is 23.8 Å². The molecule has 2 saturated carbocycles. The molecule has 8 nitrogen and oxygen atoms in total. The Morgan fingerprint density at radius 2 is 1.77 bits per heavy atom. The number of alkyl halides is 2. The molecule has 3 rings (SSSR count). The number of carbonyl (C=O) groups excluding carboxylic acids is 4. The molecule has 7 unspecified atom stereocenters. The monoisotopic (exact) mass is 430 g/mol. The second-order valence-electron chi connectivity index (χ2n) is 9.03. The van der Waals surface area contributed by atoms with Gasteiger partial charge in [0.15, 0.2) is 6.10 Å². The molecule has 7 atom stereocenters. The fraction of sp³-hybridized carbons (Fsp3) is 0.800. The SMILES string of the molecule is CC(=O)OC1C2CC3C(C(=O)N(C(C)C)C31)C2C(=O)OC(C(C)C)C(F)(F)C(=O)[O-]. The lowest BCUT2D eigenvalue weighted by molar-refractivity contribution is -0.337. The summed E-state index contributed by atoms with van der Waals surface area (Å²) < 4.78 is 38.6. The number of rotatable bonds is 7. The fourth-order valence-corrected chi connectivity index (χ4v) is 5.57. The van der Waals surface area contributed by atoms with Gasteiger partial charge in [-0.15, -0.1) is 0 Å². The molecule has 30 heavy (non-hydrogen) atoms. The maximum Gasteiger partial charge on any atom is 0.323 e. The van der Waals surface area contributed by atoms with E-state index >= 15 is 0 Å². The fourth-order valence-electron chi connectivity index (χ4n) is 5.57. The molecule has 3 aliphatic rings. The highest BCUT2D eigenvalue weighted by Crippen LogP contribution is 2.60. The van der Waals surface area contributed by atoms with Crippen LogP contribution in [0.2, 0.25) is 0 Å². The Morgan fingerprint density at radius 3 is 2.23 bits per heavy atom. The minimum atomic E-state index is -4.39. The van der Waals surface area contributed by atoms with Crippen molar-refractivity contribution in [2.45, 2.75) is 71.3 Å². The van der Waals surface area contributed by atoms with E-state index in [9.17, 15) is 33.1 Å². The van der Waals surface area contributed by atoms with Crippen LogP contribution in [-0.2, 0) is 28.7 Å². The quantitative estimate of drug-likeness (QED) is 0.537. The van der Waals surface area contributed by atoms with Crippen LogP contribution in [-0.4, -0.2) is 58.9 Å². The van der Waals surface area contributed by atoms with E-state index in [0.29, 0.717) is 6.42 Å². The summed E-state index contributed by atoms with van der Waals surface area (Å²) in [7, 11) is 0. The van der Waals surface area contributed by atoms with Crippen LogP contribution in [0.15, 0.2) is 0 Å². The van der Waals surface area contributed by atoms with Crippen LogP contribution in [0, 0.1) is 29.6 Å². The van der Waals surface area contributed by atoms with E-state index in [1.165, 1.54) is 20.8 Å². The molecule has 0 aromatic carbocycles. The minimum absolute atomic E-state index is 0.201. The minimum Gasteiger partial charge on any atom is -0.544 e. The van der Waals surface area contributed by atoms with Crippen LogP contribution in [0.5, 0.6) is 0 Å². The Hall–Kier alpha value is -2.26. The van der Waals surface area contributed by atoms with Gasteiger partial charge in [0.1, 0.15) is 12.1 Å². The van der Waals surface area contributed by atoms with E-state index in [1.54, 1.807) is 4.90 Å². The third-order valence-electron chi connectivity index (χ3n) is 6.52. The second-order valence-corrected chi connectivity index (χ2v) is 9.03. The number of carboxylic acids is 1. The maximum atomic E-state index is 14.1. The Kier molecular flexibility index (Phi) is 5.57. The third-order valence-corrected chi connectivity index (χ3v) is 6.52. The summed E-state index contributed by atoms with van der Waals surface area (Å²) in [5, 5.41) is 10.9. The molecule has 2 aliphatic carbocycles. The zero-order valence-electron chi connectivity index (χ0n) is 17.5. The number of ether oxygens (including phenoxy) is 2. The number of carboxylic acid groups (broad SMARTS) is 1. The van der Waals surface area contributed by atoms with Crippen molar-refractivity contribution in [3.63, 3.8) is 0 Å². The van der Waals surface area contributed by atoms with Crippen molar-refractivity contribution in [3.05, 3.63) is 0 Å². The molecule has 0 aromatic heterocycles. The van der Waals surface area contributed by atoms with Crippen LogP contribution in [0.3, 0.4) is 0 Å². The summed E-state index contributed by atoms with van der Waals surface area (Å²) in [4.78, 5) is 50.2. The van der Waals surface area contributed by atoms with Crippen molar-refractivity contribution < 1.29 is 42.5 Å². The first-order valence-electron chi connectivity index (χ1n) is 10.1. The van der Waals surface area contributed by atoms with Gasteiger partial charge < -0.3 is 24.3 Å². The predicted octanol–water partition coefficient (Wildman–Crippen LogP) is 0.372. The largest absolute Gasteiger partial charge is 0.544 e. The molecule has 1 aliphatic heterocycles. The number of esters is 2. The molecule has 168 valence electrons. The number of likely N-dealkylation sites (tertiary alicyclic amines) is 1. The molecule has 0 radical (unpaired) electrons. The Balaban J connectivity index is 1.92. The van der Waals surface area contributed by atoms with E-state index in [2.05, 4.69) is 0 Å². The maximum absolute atomic E-state index is 14.1.